The number of carbonyl (C=O) groups is 1. The van der Waals surface area contributed by atoms with Gasteiger partial charge in [0.2, 0.25) is 0 Å². The van der Waals surface area contributed by atoms with Crippen molar-refractivity contribution < 1.29 is 23.1 Å². The number of unbranched alkanes of at least 4 members (excludes halogenated alkanes) is 2. The van der Waals surface area contributed by atoms with Gasteiger partial charge in [-0.3, -0.25) is 0 Å². The number of aromatic nitrogens is 2. The minimum Gasteiger partial charge on any atom is -0.496 e. The summed E-state index contributed by atoms with van der Waals surface area (Å²) in [6.45, 7) is 1.58. The van der Waals surface area contributed by atoms with Crippen LogP contribution < -0.4 is 25.8 Å². The van der Waals surface area contributed by atoms with Crippen LogP contribution in [0.2, 0.25) is 5.02 Å². The van der Waals surface area contributed by atoms with Gasteiger partial charge in [-0.25, -0.2) is 14.4 Å². The summed E-state index contributed by atoms with van der Waals surface area (Å²) in [6, 6.07) is 19.2. The summed E-state index contributed by atoms with van der Waals surface area (Å²) in [5, 5.41) is 7.83. The Morgan fingerprint density at radius 3 is 2.66 bits per heavy atom. The minimum atomic E-state index is -0.317. The zero-order valence-electron chi connectivity index (χ0n) is 24.6. The number of hydrogen-bond donors (Lipinski definition) is 3. The summed E-state index contributed by atoms with van der Waals surface area (Å²) >= 11 is 6.51. The number of aldehydes is 1. The van der Waals surface area contributed by atoms with Crippen molar-refractivity contribution >= 4 is 40.3 Å². The highest BCUT2D eigenvalue weighted by Crippen LogP contribution is 2.37. The molecule has 9 nitrogen and oxygen atoms in total. The van der Waals surface area contributed by atoms with Gasteiger partial charge in [0, 0.05) is 23.6 Å². The first-order valence-electron chi connectivity index (χ1n) is 14.1. The van der Waals surface area contributed by atoms with Crippen LogP contribution in [-0.2, 0) is 17.9 Å². The number of ether oxygens (including phenoxy) is 2. The number of halogens is 2. The Morgan fingerprint density at radius 2 is 1.89 bits per heavy atom. The van der Waals surface area contributed by atoms with Crippen LogP contribution in [0.4, 0.5) is 15.9 Å². The van der Waals surface area contributed by atoms with E-state index in [4.69, 9.17) is 25.5 Å². The second-order valence-electron chi connectivity index (χ2n) is 9.59. The topological polar surface area (TPSA) is 125 Å². The van der Waals surface area contributed by atoms with Gasteiger partial charge in [0.05, 0.1) is 29.8 Å². The van der Waals surface area contributed by atoms with Gasteiger partial charge in [-0.1, -0.05) is 23.7 Å². The molecule has 0 amide bonds. The Labute approximate surface area is 260 Å². The van der Waals surface area contributed by atoms with E-state index >= 15 is 0 Å². The molecule has 0 radical (unpaired) electrons. The highest BCUT2D eigenvalue weighted by molar-refractivity contribution is 6.32. The lowest BCUT2D eigenvalue weighted by Gasteiger charge is -2.13. The fraction of sp³-hybridized carbons (Fsp3) is 0.242. The maximum absolute atomic E-state index is 13.5. The molecule has 0 atom stereocenters. The highest BCUT2D eigenvalue weighted by Gasteiger charge is 2.16. The molecule has 230 valence electrons. The zero-order valence-corrected chi connectivity index (χ0v) is 25.4. The van der Waals surface area contributed by atoms with Crippen molar-refractivity contribution in [1.29, 1.82) is 0 Å². The van der Waals surface area contributed by atoms with E-state index in [0.717, 1.165) is 42.4 Å². The van der Waals surface area contributed by atoms with E-state index in [1.807, 2.05) is 30.3 Å². The van der Waals surface area contributed by atoms with Crippen LogP contribution in [0.5, 0.6) is 11.5 Å². The Hall–Kier alpha value is -4.51. The highest BCUT2D eigenvalue weighted by atomic mass is 35.5. The summed E-state index contributed by atoms with van der Waals surface area (Å²) < 4.78 is 31.1. The maximum atomic E-state index is 13.5. The summed E-state index contributed by atoms with van der Waals surface area (Å²) in [7, 11) is 3.11. The van der Waals surface area contributed by atoms with Gasteiger partial charge >= 0.3 is 0 Å². The third kappa shape index (κ3) is 8.53. The van der Waals surface area contributed by atoms with Crippen LogP contribution in [0.15, 0.2) is 77.5 Å². The molecular weight excluding hydrogens is 585 g/mol. The second-order valence-corrected chi connectivity index (χ2v) is 9.99. The van der Waals surface area contributed by atoms with Crippen molar-refractivity contribution in [3.05, 3.63) is 95.2 Å². The zero-order chi connectivity index (χ0) is 31.3. The summed E-state index contributed by atoms with van der Waals surface area (Å²) in [5.41, 5.74) is 7.37. The quantitative estimate of drug-likeness (QED) is 0.0886. The Morgan fingerprint density at radius 1 is 1.02 bits per heavy atom. The lowest BCUT2D eigenvalue weighted by molar-refractivity contribution is -0.107. The number of nitrogens with one attached hydrogen (secondary N) is 2. The van der Waals surface area contributed by atoms with Crippen LogP contribution in [-0.4, -0.2) is 37.0 Å². The molecule has 5 aromatic rings. The second kappa shape index (κ2) is 16.4. The van der Waals surface area contributed by atoms with E-state index < -0.39 is 0 Å². The Bertz CT molecular complexity index is 1680. The average molecular weight is 620 g/mol. The molecule has 0 fully saturated rings. The number of hydrogen-bond acceptors (Lipinski definition) is 9. The lowest BCUT2D eigenvalue weighted by atomic mass is 10.1. The van der Waals surface area contributed by atoms with Gasteiger partial charge in [-0.05, 0) is 80.5 Å². The van der Waals surface area contributed by atoms with Crippen molar-refractivity contribution in [2.24, 2.45) is 5.73 Å². The number of furan rings is 1. The third-order valence-corrected chi connectivity index (χ3v) is 6.88. The van der Waals surface area contributed by atoms with Gasteiger partial charge in [-0.15, -0.1) is 0 Å². The van der Waals surface area contributed by atoms with Crippen molar-refractivity contribution in [3.63, 3.8) is 0 Å². The van der Waals surface area contributed by atoms with Crippen LogP contribution in [0.25, 0.3) is 22.2 Å². The van der Waals surface area contributed by atoms with Crippen molar-refractivity contribution in [2.75, 3.05) is 26.0 Å². The molecule has 0 aliphatic carbocycles. The summed E-state index contributed by atoms with van der Waals surface area (Å²) in [4.78, 5) is 19.4. The van der Waals surface area contributed by atoms with Gasteiger partial charge in [0.15, 0.2) is 0 Å². The SMILES string of the molecule is CN.COc1cc2ncnc(Nc3ccc(OCc4cccc(F)c4)c(Cl)c3)c2cc1-c1ccc(CNCCCCC=O)o1. The molecule has 0 unspecified atom stereocenters. The summed E-state index contributed by atoms with van der Waals surface area (Å²) in [5.74, 6) is 2.82. The molecular formula is C33H35ClFN5O4. The normalized spacial score (nSPS) is 10.7. The number of rotatable bonds is 14. The molecule has 0 bridgehead atoms. The lowest BCUT2D eigenvalue weighted by Crippen LogP contribution is -2.14. The van der Waals surface area contributed by atoms with E-state index in [1.54, 1.807) is 31.4 Å². The molecule has 11 heteroatoms. The van der Waals surface area contributed by atoms with Crippen LogP contribution in [0, 0.1) is 5.82 Å². The summed E-state index contributed by atoms with van der Waals surface area (Å²) in [6.07, 6.45) is 4.80. The van der Waals surface area contributed by atoms with Crippen molar-refractivity contribution in [1.82, 2.24) is 15.3 Å². The molecule has 5 rings (SSSR count). The van der Waals surface area contributed by atoms with Crippen molar-refractivity contribution in [3.8, 4) is 22.8 Å². The number of anilines is 2. The number of fused-ring (bicyclic) bond motifs is 1. The van der Waals surface area contributed by atoms with Gasteiger partial charge < -0.3 is 35.1 Å². The Kier molecular flexibility index (Phi) is 12.1. The van der Waals surface area contributed by atoms with E-state index in [0.29, 0.717) is 57.8 Å². The van der Waals surface area contributed by atoms with Crippen LogP contribution >= 0.6 is 11.6 Å². The molecule has 44 heavy (non-hydrogen) atoms. The van der Waals surface area contributed by atoms with Gasteiger partial charge in [0.25, 0.3) is 0 Å². The van der Waals surface area contributed by atoms with E-state index in [1.165, 1.54) is 25.5 Å². The van der Waals surface area contributed by atoms with Gasteiger partial charge in [0.1, 0.15) is 53.9 Å². The molecule has 0 spiro atoms. The van der Waals surface area contributed by atoms with Crippen molar-refractivity contribution in [2.45, 2.75) is 32.4 Å². The standard InChI is InChI=1S/C32H30ClFN4O4.CH5N/c1-40-31-17-28-25(16-26(31)29-11-9-24(42-29)18-35-12-3-2-4-13-39)32(37-20-36-28)38-23-8-10-30(27(33)15-23)41-19-21-6-5-7-22(34)14-21;1-2/h5-11,13-17,20,35H,2-4,12,18-19H2,1H3,(H,36,37,38);2H2,1H3. The molecule has 0 aliphatic heterocycles. The number of carbonyl (C=O) groups excluding carboxylic acids is 1. The molecule has 0 saturated carbocycles. The number of nitrogens with zero attached hydrogens (tertiary/aromatic N) is 2. The number of methoxy groups -OCH3 is 1. The fourth-order valence-electron chi connectivity index (χ4n) is 4.47. The molecule has 2 heterocycles. The molecule has 3 aromatic carbocycles. The van der Waals surface area contributed by atoms with E-state index in [2.05, 4.69) is 26.3 Å². The predicted molar refractivity (Wildman–Crippen MR) is 171 cm³/mol. The average Bonchev–Trinajstić information content (AvgIpc) is 3.51. The number of nitrogens with two attached hydrogens (primary N) is 1. The molecule has 0 saturated heterocycles. The molecule has 2 aromatic heterocycles. The predicted octanol–water partition coefficient (Wildman–Crippen LogP) is 7.05. The first-order chi connectivity index (χ1) is 21.5. The first kappa shape index (κ1) is 32.4. The number of benzene rings is 3. The monoisotopic (exact) mass is 619 g/mol. The smallest absolute Gasteiger partial charge is 0.141 e. The largest absolute Gasteiger partial charge is 0.496 e. The minimum absolute atomic E-state index is 0.192. The first-order valence-corrected chi connectivity index (χ1v) is 14.5. The van der Waals surface area contributed by atoms with Gasteiger partial charge in [-0.2, -0.15) is 0 Å². The van der Waals surface area contributed by atoms with Crippen LogP contribution in [0.1, 0.15) is 30.6 Å². The Balaban J connectivity index is 0.00000216. The fourth-order valence-corrected chi connectivity index (χ4v) is 4.71. The van der Waals surface area contributed by atoms with E-state index in [9.17, 15) is 9.18 Å². The molecule has 0 aliphatic rings. The molecule has 4 N–H and O–H groups in total. The maximum Gasteiger partial charge on any atom is 0.141 e. The van der Waals surface area contributed by atoms with E-state index in [-0.39, 0.29) is 12.4 Å². The van der Waals surface area contributed by atoms with Crippen LogP contribution in [0.3, 0.4) is 0 Å². The third-order valence-electron chi connectivity index (χ3n) is 6.59.